The van der Waals surface area contributed by atoms with Gasteiger partial charge in [-0.25, -0.2) is 0 Å². The molecule has 0 radical (unpaired) electrons. The first-order valence-corrected chi connectivity index (χ1v) is 1.73. The number of aliphatic hydroxyl groups is 1. The summed E-state index contributed by atoms with van der Waals surface area (Å²) in [6.45, 7) is 2.92. The van der Waals surface area contributed by atoms with Gasteiger partial charge in [0.2, 0.25) is 0 Å². The first-order valence-electron chi connectivity index (χ1n) is 1.02. The molecule has 0 aliphatic carbocycles. The topological polar surface area (TPSA) is 44.1 Å². The highest BCUT2D eigenvalue weighted by atomic mass is 28.1. The van der Waals surface area contributed by atoms with Gasteiger partial charge in [-0.15, -0.1) is 0 Å². The average Bonchev–Trinajstić information content (AvgIpc) is 1.46. The molecule has 0 fully saturated rings. The highest BCUT2D eigenvalue weighted by Crippen LogP contribution is 1.26. The highest BCUT2D eigenvalue weighted by molar-refractivity contribution is 5.88. The molecule has 0 aliphatic rings. The van der Waals surface area contributed by atoms with Crippen molar-refractivity contribution in [3.05, 3.63) is 12.8 Å². The SMILES string of the molecule is C=CO.N=[SiH2]. The maximum atomic E-state index is 7.33. The van der Waals surface area contributed by atoms with Gasteiger partial charge in [0.05, 0.1) is 16.3 Å². The van der Waals surface area contributed by atoms with Crippen LogP contribution in [0.2, 0.25) is 0 Å². The van der Waals surface area contributed by atoms with Crippen molar-refractivity contribution in [2.45, 2.75) is 0 Å². The summed E-state index contributed by atoms with van der Waals surface area (Å²) in [5, 5.41) is 13.1. The number of hydrogen-bond acceptors (Lipinski definition) is 2. The summed E-state index contributed by atoms with van der Waals surface area (Å²) >= 11 is 0. The van der Waals surface area contributed by atoms with Crippen LogP contribution in [0, 0.1) is 5.05 Å². The van der Waals surface area contributed by atoms with Gasteiger partial charge in [-0.05, 0) is 0 Å². The van der Waals surface area contributed by atoms with E-state index in [2.05, 4.69) is 6.58 Å². The third kappa shape index (κ3) is 43.9. The first kappa shape index (κ1) is 8.82. The van der Waals surface area contributed by atoms with E-state index in [-0.39, 0.29) is 0 Å². The summed E-state index contributed by atoms with van der Waals surface area (Å²) in [5.74, 6) is 0. The van der Waals surface area contributed by atoms with E-state index in [9.17, 15) is 0 Å². The van der Waals surface area contributed by atoms with Crippen molar-refractivity contribution in [2.24, 2.45) is 0 Å². The summed E-state index contributed by atoms with van der Waals surface area (Å²) in [6, 6.07) is 0. The van der Waals surface area contributed by atoms with Crippen molar-refractivity contribution in [3.8, 4) is 0 Å². The lowest BCUT2D eigenvalue weighted by atomic mass is 11.2. The fraction of sp³-hybridized carbons (Fsp3) is 0. The Labute approximate surface area is 34.1 Å². The molecule has 0 bridgehead atoms. The average molecular weight is 89.2 g/mol. The molecule has 3 heteroatoms. The smallest absolute Gasteiger partial charge is 0.0841 e. The normalized spacial score (nSPS) is 3.20. The Morgan fingerprint density at radius 2 is 1.80 bits per heavy atom. The molecular weight excluding hydrogens is 82.1 g/mol. The van der Waals surface area contributed by atoms with E-state index in [4.69, 9.17) is 10.2 Å². The lowest BCUT2D eigenvalue weighted by Gasteiger charge is -1.41. The Morgan fingerprint density at radius 3 is 1.80 bits per heavy atom. The van der Waals surface area contributed by atoms with Crippen LogP contribution in [0.15, 0.2) is 12.8 Å². The molecule has 0 aliphatic heterocycles. The Bertz CT molecular complexity index is 23.6. The molecule has 0 saturated carbocycles. The molecule has 0 unspecified atom stereocenters. The minimum Gasteiger partial charge on any atom is -0.516 e. The van der Waals surface area contributed by atoms with Crippen LogP contribution in [0.3, 0.4) is 0 Å². The molecule has 0 aromatic rings. The van der Waals surface area contributed by atoms with Gasteiger partial charge >= 0.3 is 0 Å². The summed E-state index contributed by atoms with van der Waals surface area (Å²) < 4.78 is 0. The van der Waals surface area contributed by atoms with Gasteiger partial charge in [-0.1, -0.05) is 6.58 Å². The Hall–Kier alpha value is -0.443. The Balaban J connectivity index is 0. The zero-order chi connectivity index (χ0) is 4.71. The number of rotatable bonds is 0. The minimum absolute atomic E-state index is 0.750. The van der Waals surface area contributed by atoms with Crippen LogP contribution >= 0.6 is 0 Å². The number of hydrogen-bond donors (Lipinski definition) is 2. The fourth-order valence-electron chi connectivity index (χ4n) is 0. The van der Waals surface area contributed by atoms with E-state index in [0.29, 0.717) is 0 Å². The molecule has 0 atom stereocenters. The minimum atomic E-state index is 0.750. The molecule has 0 saturated heterocycles. The molecule has 0 rings (SSSR count). The molecule has 30 valence electrons. The lowest BCUT2D eigenvalue weighted by Crippen LogP contribution is -1.25. The van der Waals surface area contributed by atoms with Gasteiger partial charge in [0.1, 0.15) is 0 Å². The molecule has 2 nitrogen and oxygen atoms in total. The molecule has 0 amide bonds. The third-order valence-corrected chi connectivity index (χ3v) is 0. The van der Waals surface area contributed by atoms with Crippen LogP contribution in [0.5, 0.6) is 0 Å². The second kappa shape index (κ2) is 75.0. The van der Waals surface area contributed by atoms with Crippen molar-refractivity contribution >= 4 is 10.0 Å². The first-order chi connectivity index (χ1) is 2.41. The Morgan fingerprint density at radius 1 is 1.80 bits per heavy atom. The van der Waals surface area contributed by atoms with Crippen LogP contribution in [0.1, 0.15) is 0 Å². The van der Waals surface area contributed by atoms with Gasteiger partial charge in [-0.2, -0.15) is 0 Å². The zero-order valence-corrected chi connectivity index (χ0v) is 4.35. The third-order valence-electron chi connectivity index (χ3n) is 0. The maximum Gasteiger partial charge on any atom is 0.0841 e. The van der Waals surface area contributed by atoms with Crippen molar-refractivity contribution in [3.63, 3.8) is 0 Å². The van der Waals surface area contributed by atoms with Crippen molar-refractivity contribution < 1.29 is 5.11 Å². The molecule has 0 heterocycles. The predicted molar refractivity (Wildman–Crippen MR) is 24.1 cm³/mol. The summed E-state index contributed by atoms with van der Waals surface area (Å²) in [7, 11) is 1.11. The number of aliphatic hydroxyl groups excluding tert-OH is 1. The summed E-state index contributed by atoms with van der Waals surface area (Å²) in [5.41, 5.74) is 0. The monoisotopic (exact) mass is 89.0 g/mol. The molecule has 0 spiro atoms. The van der Waals surface area contributed by atoms with Crippen LogP contribution in [-0.4, -0.2) is 15.1 Å². The zero-order valence-electron chi connectivity index (χ0n) is 2.94. The molecular formula is C2H7NOSi. The predicted octanol–water partition coefficient (Wildman–Crippen LogP) is 0.0698. The lowest BCUT2D eigenvalue weighted by molar-refractivity contribution is 0.476. The second-order valence-corrected chi connectivity index (χ2v) is 0.183. The molecule has 0 aromatic heterocycles. The Kier molecular flexibility index (Phi) is 132. The quantitative estimate of drug-likeness (QED) is 0.320. The molecule has 0 aromatic carbocycles. The fourth-order valence-corrected chi connectivity index (χ4v) is 0. The van der Waals surface area contributed by atoms with E-state index < -0.39 is 0 Å². The molecule has 2 N–H and O–H groups in total. The standard InChI is InChI=1S/C2H4O.H3NSi/c1-2-3;1-2/h2-3H,1H2;1H,2H2. The van der Waals surface area contributed by atoms with Gasteiger partial charge in [0.25, 0.3) is 0 Å². The summed E-state index contributed by atoms with van der Waals surface area (Å²) in [4.78, 5) is 0. The van der Waals surface area contributed by atoms with Crippen LogP contribution in [-0.2, 0) is 0 Å². The van der Waals surface area contributed by atoms with E-state index in [1.54, 1.807) is 0 Å². The van der Waals surface area contributed by atoms with Crippen molar-refractivity contribution in [2.75, 3.05) is 0 Å². The van der Waals surface area contributed by atoms with Crippen LogP contribution in [0.4, 0.5) is 0 Å². The number of nitrogens with one attached hydrogen (secondary N) is 1. The largest absolute Gasteiger partial charge is 0.516 e. The second-order valence-electron chi connectivity index (χ2n) is 0.183. The molecule has 5 heavy (non-hydrogen) atoms. The summed E-state index contributed by atoms with van der Waals surface area (Å²) in [6.07, 6.45) is 0.750. The van der Waals surface area contributed by atoms with Gasteiger partial charge in [-0.3, -0.25) is 0 Å². The van der Waals surface area contributed by atoms with E-state index in [0.717, 1.165) is 16.3 Å². The van der Waals surface area contributed by atoms with Crippen LogP contribution < -0.4 is 0 Å². The van der Waals surface area contributed by atoms with Gasteiger partial charge < -0.3 is 10.2 Å². The van der Waals surface area contributed by atoms with Gasteiger partial charge in [0.15, 0.2) is 0 Å². The highest BCUT2D eigenvalue weighted by Gasteiger charge is 1.11. The van der Waals surface area contributed by atoms with E-state index >= 15 is 0 Å². The van der Waals surface area contributed by atoms with Gasteiger partial charge in [0, 0.05) is 0 Å². The van der Waals surface area contributed by atoms with E-state index in [1.165, 1.54) is 0 Å². The van der Waals surface area contributed by atoms with E-state index in [1.807, 2.05) is 0 Å². The van der Waals surface area contributed by atoms with Crippen LogP contribution in [0.25, 0.3) is 0 Å². The maximum absolute atomic E-state index is 7.33. The van der Waals surface area contributed by atoms with Crippen molar-refractivity contribution in [1.29, 1.82) is 5.05 Å². The van der Waals surface area contributed by atoms with Crippen molar-refractivity contribution in [1.82, 2.24) is 0 Å².